The molecule has 0 saturated heterocycles. The number of carbonyl (C=O) groups is 1. The van der Waals surface area contributed by atoms with Gasteiger partial charge in [0.1, 0.15) is 5.69 Å². The highest BCUT2D eigenvalue weighted by Gasteiger charge is 2.18. The molecule has 6 heteroatoms. The second kappa shape index (κ2) is 5.09. The summed E-state index contributed by atoms with van der Waals surface area (Å²) in [4.78, 5) is 15.4. The molecule has 0 bridgehead atoms. The van der Waals surface area contributed by atoms with Crippen molar-refractivity contribution < 1.29 is 9.32 Å². The molecule has 2 heterocycles. The van der Waals surface area contributed by atoms with Crippen molar-refractivity contribution in [2.24, 2.45) is 5.73 Å². The summed E-state index contributed by atoms with van der Waals surface area (Å²) in [6.45, 7) is 0. The van der Waals surface area contributed by atoms with Crippen molar-refractivity contribution >= 4 is 11.8 Å². The molecule has 104 valence electrons. The summed E-state index contributed by atoms with van der Waals surface area (Å²) in [5.74, 6) is -0.285. The summed E-state index contributed by atoms with van der Waals surface area (Å²) in [6, 6.07) is 12.2. The topological polar surface area (TPSA) is 108 Å². The molecular weight excluding hydrogens is 268 g/mol. The van der Waals surface area contributed by atoms with E-state index in [2.05, 4.69) is 10.1 Å². The van der Waals surface area contributed by atoms with E-state index in [1.165, 1.54) is 0 Å². The van der Waals surface area contributed by atoms with Crippen LogP contribution in [0.2, 0.25) is 0 Å². The smallest absolute Gasteiger partial charge is 0.248 e. The van der Waals surface area contributed by atoms with Crippen LogP contribution in [0.5, 0.6) is 0 Å². The maximum absolute atomic E-state index is 11.1. The number of benzene rings is 1. The highest BCUT2D eigenvalue weighted by atomic mass is 16.5. The van der Waals surface area contributed by atoms with Gasteiger partial charge in [-0.05, 0) is 29.8 Å². The zero-order valence-corrected chi connectivity index (χ0v) is 11.0. The Morgan fingerprint density at radius 2 is 1.86 bits per heavy atom. The Balaban J connectivity index is 2.10. The molecule has 3 aromatic rings. The number of aromatic nitrogens is 2. The number of nitrogens with zero attached hydrogens (tertiary/aromatic N) is 2. The standard InChI is InChI=1S/C15H12N4O2/c16-14(20)10-6-4-9(5-7-10)12-13(19-21-15(12)17)11-3-1-2-8-18-11/h1-8H,17H2,(H2,16,20). The first-order chi connectivity index (χ1) is 10.2. The lowest BCUT2D eigenvalue weighted by Crippen LogP contribution is -2.10. The van der Waals surface area contributed by atoms with Gasteiger partial charge in [0.05, 0.1) is 11.3 Å². The lowest BCUT2D eigenvalue weighted by Gasteiger charge is -2.03. The monoisotopic (exact) mass is 280 g/mol. The van der Waals surface area contributed by atoms with E-state index in [0.717, 1.165) is 5.56 Å². The molecule has 0 radical (unpaired) electrons. The van der Waals surface area contributed by atoms with Crippen LogP contribution in [0.4, 0.5) is 5.88 Å². The Labute approximate surface area is 120 Å². The van der Waals surface area contributed by atoms with Crippen molar-refractivity contribution in [2.75, 3.05) is 5.73 Å². The fourth-order valence-corrected chi connectivity index (χ4v) is 2.06. The third kappa shape index (κ3) is 2.34. The van der Waals surface area contributed by atoms with Gasteiger partial charge < -0.3 is 16.0 Å². The SMILES string of the molecule is NC(=O)c1ccc(-c2c(-c3ccccn3)noc2N)cc1. The van der Waals surface area contributed by atoms with Crippen molar-refractivity contribution in [1.29, 1.82) is 0 Å². The fraction of sp³-hybridized carbons (Fsp3) is 0. The maximum atomic E-state index is 11.1. The summed E-state index contributed by atoms with van der Waals surface area (Å²) >= 11 is 0. The van der Waals surface area contributed by atoms with E-state index < -0.39 is 5.91 Å². The van der Waals surface area contributed by atoms with Gasteiger partial charge in [-0.2, -0.15) is 0 Å². The largest absolute Gasteiger partial charge is 0.367 e. The number of primary amides is 1. The Kier molecular flexibility index (Phi) is 3.12. The molecule has 3 rings (SSSR count). The first-order valence-corrected chi connectivity index (χ1v) is 6.23. The molecule has 0 spiro atoms. The van der Waals surface area contributed by atoms with Crippen LogP contribution in [-0.2, 0) is 0 Å². The van der Waals surface area contributed by atoms with Crippen LogP contribution in [0.15, 0.2) is 53.2 Å². The van der Waals surface area contributed by atoms with Crippen LogP contribution in [0, 0.1) is 0 Å². The number of rotatable bonds is 3. The van der Waals surface area contributed by atoms with Gasteiger partial charge in [0, 0.05) is 11.8 Å². The molecule has 0 aliphatic rings. The molecule has 0 atom stereocenters. The summed E-state index contributed by atoms with van der Waals surface area (Å²) in [7, 11) is 0. The summed E-state index contributed by atoms with van der Waals surface area (Å²) in [6.07, 6.45) is 1.67. The van der Waals surface area contributed by atoms with Gasteiger partial charge in [0.15, 0.2) is 0 Å². The number of carbonyl (C=O) groups excluding carboxylic acids is 1. The zero-order valence-electron chi connectivity index (χ0n) is 11.0. The number of hydrogen-bond acceptors (Lipinski definition) is 5. The number of anilines is 1. The van der Waals surface area contributed by atoms with Crippen molar-refractivity contribution in [1.82, 2.24) is 10.1 Å². The molecule has 1 amide bonds. The van der Waals surface area contributed by atoms with Gasteiger partial charge in [-0.3, -0.25) is 9.78 Å². The van der Waals surface area contributed by atoms with E-state index in [4.69, 9.17) is 16.0 Å². The van der Waals surface area contributed by atoms with Crippen LogP contribution in [0.3, 0.4) is 0 Å². The first-order valence-electron chi connectivity index (χ1n) is 6.23. The number of pyridine rings is 1. The number of hydrogen-bond donors (Lipinski definition) is 2. The quantitative estimate of drug-likeness (QED) is 0.763. The molecule has 0 fully saturated rings. The molecule has 0 saturated carbocycles. The number of amides is 1. The molecule has 4 N–H and O–H groups in total. The molecule has 0 aliphatic heterocycles. The normalized spacial score (nSPS) is 10.5. The zero-order chi connectivity index (χ0) is 14.8. The first kappa shape index (κ1) is 12.9. The minimum atomic E-state index is -0.482. The number of nitrogen functional groups attached to an aromatic ring is 1. The molecule has 1 aromatic carbocycles. The Morgan fingerprint density at radius 3 is 2.48 bits per heavy atom. The minimum absolute atomic E-state index is 0.197. The molecule has 21 heavy (non-hydrogen) atoms. The predicted octanol–water partition coefficient (Wildman–Crippen LogP) is 2.08. The van der Waals surface area contributed by atoms with Gasteiger partial charge in [-0.1, -0.05) is 23.4 Å². The van der Waals surface area contributed by atoms with E-state index in [1.54, 1.807) is 30.5 Å². The van der Waals surface area contributed by atoms with Crippen molar-refractivity contribution in [3.05, 3.63) is 54.2 Å². The lowest BCUT2D eigenvalue weighted by molar-refractivity contribution is 0.100. The van der Waals surface area contributed by atoms with Crippen molar-refractivity contribution in [3.63, 3.8) is 0 Å². The Bertz CT molecular complexity index is 779. The van der Waals surface area contributed by atoms with Gasteiger partial charge in [0.25, 0.3) is 0 Å². The second-order valence-electron chi connectivity index (χ2n) is 4.43. The van der Waals surface area contributed by atoms with Crippen molar-refractivity contribution in [2.45, 2.75) is 0 Å². The molecular formula is C15H12N4O2. The second-order valence-corrected chi connectivity index (χ2v) is 4.43. The average molecular weight is 280 g/mol. The van der Waals surface area contributed by atoms with Gasteiger partial charge in [0.2, 0.25) is 11.8 Å². The van der Waals surface area contributed by atoms with Gasteiger partial charge in [-0.25, -0.2) is 0 Å². The minimum Gasteiger partial charge on any atom is -0.367 e. The van der Waals surface area contributed by atoms with E-state index in [9.17, 15) is 4.79 Å². The Hall–Kier alpha value is -3.15. The van der Waals surface area contributed by atoms with Crippen LogP contribution in [0.25, 0.3) is 22.5 Å². The molecule has 6 nitrogen and oxygen atoms in total. The van der Waals surface area contributed by atoms with E-state index in [-0.39, 0.29) is 5.88 Å². The lowest BCUT2D eigenvalue weighted by atomic mass is 10.0. The maximum Gasteiger partial charge on any atom is 0.248 e. The highest BCUT2D eigenvalue weighted by molar-refractivity contribution is 5.94. The highest BCUT2D eigenvalue weighted by Crippen LogP contribution is 2.35. The summed E-state index contributed by atoms with van der Waals surface area (Å²) in [5, 5.41) is 3.97. The number of nitrogens with two attached hydrogens (primary N) is 2. The summed E-state index contributed by atoms with van der Waals surface area (Å²) < 4.78 is 5.08. The average Bonchev–Trinajstić information content (AvgIpc) is 2.90. The van der Waals surface area contributed by atoms with Crippen LogP contribution < -0.4 is 11.5 Å². The Morgan fingerprint density at radius 1 is 1.10 bits per heavy atom. The summed E-state index contributed by atoms with van der Waals surface area (Å²) in [5.41, 5.74) is 14.1. The van der Waals surface area contributed by atoms with E-state index >= 15 is 0 Å². The van der Waals surface area contributed by atoms with E-state index in [0.29, 0.717) is 22.5 Å². The van der Waals surface area contributed by atoms with Crippen LogP contribution >= 0.6 is 0 Å². The van der Waals surface area contributed by atoms with Crippen LogP contribution in [0.1, 0.15) is 10.4 Å². The third-order valence-corrected chi connectivity index (χ3v) is 3.08. The predicted molar refractivity (Wildman–Crippen MR) is 78.1 cm³/mol. The van der Waals surface area contributed by atoms with Crippen LogP contribution in [-0.4, -0.2) is 16.0 Å². The van der Waals surface area contributed by atoms with Gasteiger partial charge in [-0.15, -0.1) is 0 Å². The van der Waals surface area contributed by atoms with Gasteiger partial charge >= 0.3 is 0 Å². The third-order valence-electron chi connectivity index (χ3n) is 3.08. The molecule has 0 unspecified atom stereocenters. The fourth-order valence-electron chi connectivity index (χ4n) is 2.06. The molecule has 2 aromatic heterocycles. The molecule has 0 aliphatic carbocycles. The van der Waals surface area contributed by atoms with Crippen molar-refractivity contribution in [3.8, 4) is 22.5 Å². The van der Waals surface area contributed by atoms with E-state index in [1.807, 2.05) is 18.2 Å².